The van der Waals surface area contributed by atoms with Crippen LogP contribution in [0.4, 0.5) is 5.69 Å². The topological polar surface area (TPSA) is 58.6 Å². The molecule has 2 aromatic carbocycles. The molecule has 0 radical (unpaired) electrons. The first-order chi connectivity index (χ1) is 12.4. The number of rotatable bonds is 7. The second-order valence-corrected chi connectivity index (χ2v) is 8.51. The number of hydrogen-bond donors (Lipinski definition) is 2. The predicted molar refractivity (Wildman–Crippen MR) is 110 cm³/mol. The van der Waals surface area contributed by atoms with E-state index < -0.39 is 5.97 Å². The molecule has 0 aliphatic heterocycles. The van der Waals surface area contributed by atoms with Crippen LogP contribution in [0, 0.1) is 0 Å². The molecule has 0 saturated heterocycles. The maximum atomic E-state index is 10.9. The third-order valence-corrected chi connectivity index (χ3v) is 5.63. The SMILES string of the molecule is O=C(O)Cc1cc(Br)c(OCc2cc(Cl)cc(NC3CCC3)c2)c(Br)c1. The predicted octanol–water partition coefficient (Wildman–Crippen LogP) is 6.04. The van der Waals surface area contributed by atoms with Gasteiger partial charge in [0.1, 0.15) is 12.4 Å². The maximum absolute atomic E-state index is 10.9. The number of carboxylic acids is 1. The normalized spacial score (nSPS) is 14.0. The number of hydrogen-bond acceptors (Lipinski definition) is 3. The van der Waals surface area contributed by atoms with Crippen molar-refractivity contribution in [1.82, 2.24) is 0 Å². The Hall–Kier alpha value is -1.24. The van der Waals surface area contributed by atoms with Gasteiger partial charge in [0.05, 0.1) is 15.4 Å². The van der Waals surface area contributed by atoms with E-state index in [1.807, 2.05) is 18.2 Å². The van der Waals surface area contributed by atoms with E-state index in [1.165, 1.54) is 19.3 Å². The molecular formula is C19H18Br2ClNO3. The van der Waals surface area contributed by atoms with Crippen LogP contribution in [0.25, 0.3) is 0 Å². The number of carbonyl (C=O) groups is 1. The van der Waals surface area contributed by atoms with Crippen molar-refractivity contribution in [3.63, 3.8) is 0 Å². The van der Waals surface area contributed by atoms with Crippen molar-refractivity contribution in [3.05, 3.63) is 55.4 Å². The van der Waals surface area contributed by atoms with Gasteiger partial charge in [-0.25, -0.2) is 0 Å². The fraction of sp³-hybridized carbons (Fsp3) is 0.316. The largest absolute Gasteiger partial charge is 0.487 e. The van der Waals surface area contributed by atoms with Crippen molar-refractivity contribution in [1.29, 1.82) is 0 Å². The average molecular weight is 504 g/mol. The molecule has 0 amide bonds. The van der Waals surface area contributed by atoms with Crippen molar-refractivity contribution in [3.8, 4) is 5.75 Å². The summed E-state index contributed by atoms with van der Waals surface area (Å²) in [5, 5.41) is 13.1. The molecular weight excluding hydrogens is 485 g/mol. The van der Waals surface area contributed by atoms with Gasteiger partial charge in [0.15, 0.2) is 0 Å². The molecule has 2 aromatic rings. The monoisotopic (exact) mass is 501 g/mol. The number of nitrogens with one attached hydrogen (secondary N) is 1. The van der Waals surface area contributed by atoms with Crippen molar-refractivity contribution in [2.24, 2.45) is 0 Å². The third kappa shape index (κ3) is 5.15. The molecule has 0 atom stereocenters. The number of ether oxygens (including phenoxy) is 1. The molecule has 1 aliphatic carbocycles. The highest BCUT2D eigenvalue weighted by Crippen LogP contribution is 2.36. The molecule has 1 fully saturated rings. The van der Waals surface area contributed by atoms with E-state index >= 15 is 0 Å². The fourth-order valence-corrected chi connectivity index (χ4v) is 4.56. The van der Waals surface area contributed by atoms with Crippen LogP contribution >= 0.6 is 43.5 Å². The Morgan fingerprint density at radius 2 is 1.85 bits per heavy atom. The van der Waals surface area contributed by atoms with E-state index in [-0.39, 0.29) is 6.42 Å². The Bertz CT molecular complexity index is 801. The van der Waals surface area contributed by atoms with Crippen LogP contribution in [0.15, 0.2) is 39.3 Å². The minimum atomic E-state index is -0.872. The summed E-state index contributed by atoms with van der Waals surface area (Å²) in [7, 11) is 0. The van der Waals surface area contributed by atoms with Crippen molar-refractivity contribution < 1.29 is 14.6 Å². The molecule has 4 nitrogen and oxygen atoms in total. The number of benzene rings is 2. The van der Waals surface area contributed by atoms with Gasteiger partial charge in [-0.15, -0.1) is 0 Å². The highest BCUT2D eigenvalue weighted by atomic mass is 79.9. The highest BCUT2D eigenvalue weighted by molar-refractivity contribution is 9.11. The molecule has 3 rings (SSSR count). The summed E-state index contributed by atoms with van der Waals surface area (Å²) in [5.74, 6) is -0.240. The molecule has 0 spiro atoms. The number of halogens is 3. The van der Waals surface area contributed by atoms with Gasteiger partial charge in [-0.2, -0.15) is 0 Å². The summed E-state index contributed by atoms with van der Waals surface area (Å²) in [6.07, 6.45) is 3.62. The minimum Gasteiger partial charge on any atom is -0.487 e. The first-order valence-corrected chi connectivity index (χ1v) is 10.3. The van der Waals surface area contributed by atoms with Gasteiger partial charge in [0, 0.05) is 16.8 Å². The summed E-state index contributed by atoms with van der Waals surface area (Å²) in [6.45, 7) is 0.357. The molecule has 0 bridgehead atoms. The number of anilines is 1. The zero-order chi connectivity index (χ0) is 18.7. The van der Waals surface area contributed by atoms with Gasteiger partial charge in [0.25, 0.3) is 0 Å². The molecule has 26 heavy (non-hydrogen) atoms. The first-order valence-electron chi connectivity index (χ1n) is 8.29. The van der Waals surface area contributed by atoms with Crippen molar-refractivity contribution in [2.75, 3.05) is 5.32 Å². The molecule has 0 aromatic heterocycles. The molecule has 1 saturated carbocycles. The fourth-order valence-electron chi connectivity index (χ4n) is 2.79. The van der Waals surface area contributed by atoms with Gasteiger partial charge in [-0.05, 0) is 92.6 Å². The second-order valence-electron chi connectivity index (χ2n) is 6.37. The van der Waals surface area contributed by atoms with E-state index in [0.29, 0.717) is 37.9 Å². The lowest BCUT2D eigenvalue weighted by Crippen LogP contribution is -2.26. The van der Waals surface area contributed by atoms with Gasteiger partial charge < -0.3 is 15.2 Å². The minimum absolute atomic E-state index is 0.0397. The quantitative estimate of drug-likeness (QED) is 0.484. The van der Waals surface area contributed by atoms with E-state index in [2.05, 4.69) is 37.2 Å². The van der Waals surface area contributed by atoms with Crippen LogP contribution < -0.4 is 10.1 Å². The third-order valence-electron chi connectivity index (χ3n) is 4.23. The highest BCUT2D eigenvalue weighted by Gasteiger charge is 2.17. The van der Waals surface area contributed by atoms with E-state index in [9.17, 15) is 4.79 Å². The Labute approximate surface area is 174 Å². The molecule has 0 unspecified atom stereocenters. The summed E-state index contributed by atoms with van der Waals surface area (Å²) in [4.78, 5) is 10.9. The maximum Gasteiger partial charge on any atom is 0.307 e. The van der Waals surface area contributed by atoms with Crippen molar-refractivity contribution >= 4 is 55.1 Å². The van der Waals surface area contributed by atoms with Crippen LogP contribution in [-0.2, 0) is 17.8 Å². The first kappa shape index (κ1) is 19.5. The summed E-state index contributed by atoms with van der Waals surface area (Å²) in [5.41, 5.74) is 2.67. The second kappa shape index (κ2) is 8.63. The van der Waals surface area contributed by atoms with Gasteiger partial charge in [-0.3, -0.25) is 4.79 Å². The Kier molecular flexibility index (Phi) is 6.48. The summed E-state index contributed by atoms with van der Waals surface area (Å²) >= 11 is 13.1. The van der Waals surface area contributed by atoms with Gasteiger partial charge >= 0.3 is 5.97 Å². The number of carboxylic acid groups (broad SMARTS) is 1. The summed E-state index contributed by atoms with van der Waals surface area (Å²) in [6, 6.07) is 9.91. The Morgan fingerprint density at radius 3 is 2.42 bits per heavy atom. The zero-order valence-corrected chi connectivity index (χ0v) is 17.8. The van der Waals surface area contributed by atoms with Crippen LogP contribution in [0.2, 0.25) is 5.02 Å². The van der Waals surface area contributed by atoms with E-state index in [1.54, 1.807) is 12.1 Å². The molecule has 7 heteroatoms. The van der Waals surface area contributed by atoms with Crippen LogP contribution in [0.3, 0.4) is 0 Å². The van der Waals surface area contributed by atoms with Crippen LogP contribution in [-0.4, -0.2) is 17.1 Å². The zero-order valence-electron chi connectivity index (χ0n) is 13.9. The Morgan fingerprint density at radius 1 is 1.15 bits per heavy atom. The summed E-state index contributed by atoms with van der Waals surface area (Å²) < 4.78 is 7.35. The van der Waals surface area contributed by atoms with E-state index in [0.717, 1.165) is 11.3 Å². The lowest BCUT2D eigenvalue weighted by molar-refractivity contribution is -0.136. The van der Waals surface area contributed by atoms with Gasteiger partial charge in [0.2, 0.25) is 0 Å². The van der Waals surface area contributed by atoms with Crippen molar-refractivity contribution in [2.45, 2.75) is 38.3 Å². The molecule has 138 valence electrons. The molecule has 0 heterocycles. The van der Waals surface area contributed by atoms with Gasteiger partial charge in [-0.1, -0.05) is 11.6 Å². The lowest BCUT2D eigenvalue weighted by Gasteiger charge is -2.27. The standard InChI is InChI=1S/C19H18Br2ClNO3/c20-16-6-11(8-18(24)25)7-17(21)19(16)26-10-12-4-13(22)9-15(5-12)23-14-2-1-3-14/h4-7,9,14,23H,1-3,8,10H2,(H,24,25). The van der Waals surface area contributed by atoms with Crippen LogP contribution in [0.5, 0.6) is 5.75 Å². The Balaban J connectivity index is 1.71. The molecule has 2 N–H and O–H groups in total. The lowest BCUT2D eigenvalue weighted by atomic mass is 9.93. The molecule has 1 aliphatic rings. The van der Waals surface area contributed by atoms with Crippen LogP contribution in [0.1, 0.15) is 30.4 Å². The smallest absolute Gasteiger partial charge is 0.307 e. The number of aliphatic carboxylic acids is 1. The van der Waals surface area contributed by atoms with E-state index in [4.69, 9.17) is 21.4 Å². The average Bonchev–Trinajstić information content (AvgIpc) is 2.49.